The first kappa shape index (κ1) is 14.2. The van der Waals surface area contributed by atoms with Gasteiger partial charge >= 0.3 is 7.12 Å². The van der Waals surface area contributed by atoms with Gasteiger partial charge in [-0.1, -0.05) is 6.07 Å². The van der Waals surface area contributed by atoms with E-state index < -0.39 is 7.12 Å². The van der Waals surface area contributed by atoms with Crippen molar-refractivity contribution in [2.24, 2.45) is 5.84 Å². The Balaban J connectivity index is 2.28. The largest absolute Gasteiger partial charge is 0.494 e. The van der Waals surface area contributed by atoms with Crippen LogP contribution in [0.1, 0.15) is 27.7 Å². The van der Waals surface area contributed by atoms with Gasteiger partial charge in [0.2, 0.25) is 0 Å². The summed E-state index contributed by atoms with van der Waals surface area (Å²) < 4.78 is 12.0. The lowest BCUT2D eigenvalue weighted by molar-refractivity contribution is 0.00578. The normalized spacial score (nSPS) is 20.6. The minimum Gasteiger partial charge on any atom is -0.399 e. The molecule has 0 aromatic heterocycles. The summed E-state index contributed by atoms with van der Waals surface area (Å²) in [7, 11) is 1.35. The molecule has 1 saturated heterocycles. The monoisotopic (exact) mass is 263 g/mol. The van der Waals surface area contributed by atoms with E-state index in [2.05, 4.69) is 0 Å². The fourth-order valence-electron chi connectivity index (χ4n) is 2.02. The van der Waals surface area contributed by atoms with E-state index in [0.29, 0.717) is 5.69 Å². The van der Waals surface area contributed by atoms with Gasteiger partial charge in [0, 0.05) is 7.05 Å². The summed E-state index contributed by atoms with van der Waals surface area (Å²) >= 11 is 0. The number of anilines is 2. The van der Waals surface area contributed by atoms with E-state index >= 15 is 0 Å². The van der Waals surface area contributed by atoms with Gasteiger partial charge in [-0.05, 0) is 45.3 Å². The SMILES string of the molecule is CN(N)c1ccc(B2OC(C)(C)C(C)(C)O2)cc1N. The van der Waals surface area contributed by atoms with Crippen LogP contribution in [0.25, 0.3) is 0 Å². The molecule has 0 amide bonds. The molecule has 19 heavy (non-hydrogen) atoms. The molecule has 4 N–H and O–H groups in total. The molecule has 1 aromatic rings. The van der Waals surface area contributed by atoms with Gasteiger partial charge < -0.3 is 20.1 Å². The van der Waals surface area contributed by atoms with Crippen molar-refractivity contribution in [3.8, 4) is 0 Å². The highest BCUT2D eigenvalue weighted by Gasteiger charge is 2.51. The van der Waals surface area contributed by atoms with Crippen molar-refractivity contribution >= 4 is 24.0 Å². The number of hydrazine groups is 1. The zero-order valence-electron chi connectivity index (χ0n) is 12.2. The Morgan fingerprint density at radius 1 is 1.11 bits per heavy atom. The lowest BCUT2D eigenvalue weighted by Gasteiger charge is -2.32. The van der Waals surface area contributed by atoms with Crippen LogP contribution in [0.15, 0.2) is 18.2 Å². The Labute approximate surface area is 115 Å². The highest BCUT2D eigenvalue weighted by Crippen LogP contribution is 2.36. The molecule has 1 aliphatic heterocycles. The summed E-state index contributed by atoms with van der Waals surface area (Å²) in [5, 5.41) is 1.49. The van der Waals surface area contributed by atoms with Crippen molar-refractivity contribution in [1.82, 2.24) is 0 Å². The molecule has 0 atom stereocenters. The molecule has 0 unspecified atom stereocenters. The summed E-state index contributed by atoms with van der Waals surface area (Å²) in [5.41, 5.74) is 7.58. The van der Waals surface area contributed by atoms with E-state index in [1.807, 2.05) is 45.9 Å². The van der Waals surface area contributed by atoms with Crippen molar-refractivity contribution in [2.45, 2.75) is 38.9 Å². The van der Waals surface area contributed by atoms with Crippen LogP contribution in [0.4, 0.5) is 11.4 Å². The Morgan fingerprint density at radius 3 is 2.05 bits per heavy atom. The molecular weight excluding hydrogens is 241 g/mol. The predicted molar refractivity (Wildman–Crippen MR) is 79.2 cm³/mol. The summed E-state index contributed by atoms with van der Waals surface area (Å²) in [5.74, 6) is 5.70. The molecule has 2 rings (SSSR count). The van der Waals surface area contributed by atoms with Crippen LogP contribution < -0.4 is 22.0 Å². The minimum absolute atomic E-state index is 0.351. The zero-order chi connectivity index (χ0) is 14.4. The van der Waals surface area contributed by atoms with E-state index in [1.54, 1.807) is 7.05 Å². The molecule has 0 saturated carbocycles. The number of hydrogen-bond donors (Lipinski definition) is 2. The van der Waals surface area contributed by atoms with E-state index in [4.69, 9.17) is 20.9 Å². The Morgan fingerprint density at radius 2 is 1.63 bits per heavy atom. The fraction of sp³-hybridized carbons (Fsp3) is 0.538. The van der Waals surface area contributed by atoms with Crippen molar-refractivity contribution in [3.63, 3.8) is 0 Å². The lowest BCUT2D eigenvalue weighted by atomic mass is 9.79. The zero-order valence-corrected chi connectivity index (χ0v) is 12.2. The summed E-state index contributed by atoms with van der Waals surface area (Å²) in [6.45, 7) is 8.10. The third-order valence-electron chi connectivity index (χ3n) is 3.96. The lowest BCUT2D eigenvalue weighted by Crippen LogP contribution is -2.41. The minimum atomic E-state index is -0.399. The molecule has 104 valence electrons. The second-order valence-corrected chi connectivity index (χ2v) is 6.02. The topological polar surface area (TPSA) is 73.7 Å². The number of nitrogen functional groups attached to an aromatic ring is 1. The van der Waals surface area contributed by atoms with Crippen LogP contribution in [0.5, 0.6) is 0 Å². The first-order valence-electron chi connectivity index (χ1n) is 6.37. The average Bonchev–Trinajstić information content (AvgIpc) is 2.47. The second-order valence-electron chi connectivity index (χ2n) is 6.02. The first-order chi connectivity index (χ1) is 8.64. The highest BCUT2D eigenvalue weighted by atomic mass is 16.7. The molecule has 1 heterocycles. The van der Waals surface area contributed by atoms with Gasteiger partial charge in [-0.2, -0.15) is 0 Å². The predicted octanol–water partition coefficient (Wildman–Crippen LogP) is 0.878. The number of hydrogen-bond acceptors (Lipinski definition) is 5. The average molecular weight is 263 g/mol. The number of benzene rings is 1. The Kier molecular flexibility index (Phi) is 3.29. The fourth-order valence-corrected chi connectivity index (χ4v) is 2.02. The van der Waals surface area contributed by atoms with Crippen molar-refractivity contribution in [1.29, 1.82) is 0 Å². The van der Waals surface area contributed by atoms with Crippen LogP contribution in [-0.4, -0.2) is 25.4 Å². The molecule has 0 spiro atoms. The van der Waals surface area contributed by atoms with Gasteiger partial charge in [0.05, 0.1) is 22.6 Å². The van der Waals surface area contributed by atoms with Gasteiger partial charge in [-0.3, -0.25) is 0 Å². The summed E-state index contributed by atoms with van der Waals surface area (Å²) in [6.07, 6.45) is 0. The first-order valence-corrected chi connectivity index (χ1v) is 6.37. The number of nitrogens with two attached hydrogens (primary N) is 2. The van der Waals surface area contributed by atoms with Gasteiger partial charge in [0.15, 0.2) is 0 Å². The van der Waals surface area contributed by atoms with E-state index in [-0.39, 0.29) is 11.2 Å². The second kappa shape index (κ2) is 4.40. The Hall–Kier alpha value is -1.24. The van der Waals surface area contributed by atoms with Gasteiger partial charge in [-0.15, -0.1) is 0 Å². The van der Waals surface area contributed by atoms with Crippen LogP contribution in [0.2, 0.25) is 0 Å². The molecule has 6 heteroatoms. The molecule has 1 aromatic carbocycles. The van der Waals surface area contributed by atoms with Crippen molar-refractivity contribution in [3.05, 3.63) is 18.2 Å². The van der Waals surface area contributed by atoms with Gasteiger partial charge in [0.1, 0.15) is 0 Å². The maximum atomic E-state index is 5.99. The molecule has 0 aliphatic carbocycles. The molecule has 0 radical (unpaired) electrons. The van der Waals surface area contributed by atoms with Crippen molar-refractivity contribution < 1.29 is 9.31 Å². The van der Waals surface area contributed by atoms with Crippen LogP contribution in [-0.2, 0) is 9.31 Å². The third kappa shape index (κ3) is 2.43. The maximum absolute atomic E-state index is 5.99. The quantitative estimate of drug-likeness (QED) is 0.358. The van der Waals surface area contributed by atoms with E-state index in [9.17, 15) is 0 Å². The summed E-state index contributed by atoms with van der Waals surface area (Å²) in [4.78, 5) is 0. The van der Waals surface area contributed by atoms with Gasteiger partial charge in [0.25, 0.3) is 0 Å². The van der Waals surface area contributed by atoms with Crippen molar-refractivity contribution in [2.75, 3.05) is 17.8 Å². The highest BCUT2D eigenvalue weighted by molar-refractivity contribution is 6.62. The molecular formula is C13H22BN3O2. The standard InChI is InChI=1S/C13H22BN3O2/c1-12(2)13(3,4)19-14(18-12)9-6-7-11(17(5)16)10(15)8-9/h6-8H,15-16H2,1-5H3. The molecule has 1 aliphatic rings. The maximum Gasteiger partial charge on any atom is 0.494 e. The smallest absolute Gasteiger partial charge is 0.399 e. The third-order valence-corrected chi connectivity index (χ3v) is 3.96. The van der Waals surface area contributed by atoms with Crippen LogP contribution >= 0.6 is 0 Å². The van der Waals surface area contributed by atoms with Gasteiger partial charge in [-0.25, -0.2) is 5.84 Å². The molecule has 1 fully saturated rings. The van der Waals surface area contributed by atoms with E-state index in [0.717, 1.165) is 11.2 Å². The summed E-state index contributed by atoms with van der Waals surface area (Å²) in [6, 6.07) is 5.65. The number of nitrogens with zero attached hydrogens (tertiary/aromatic N) is 1. The van der Waals surface area contributed by atoms with Crippen LogP contribution in [0.3, 0.4) is 0 Å². The molecule has 5 nitrogen and oxygen atoms in total. The Bertz CT molecular complexity index is 473. The number of rotatable bonds is 2. The molecule has 0 bridgehead atoms. The van der Waals surface area contributed by atoms with Crippen LogP contribution in [0, 0.1) is 0 Å². The van der Waals surface area contributed by atoms with E-state index in [1.165, 1.54) is 5.01 Å².